The van der Waals surface area contributed by atoms with Crippen LogP contribution in [-0.2, 0) is 10.0 Å². The van der Waals surface area contributed by atoms with Crippen molar-refractivity contribution in [1.82, 2.24) is 4.72 Å². The standard InChI is InChI=1S/C11H12F3NO5S/c1-5-7(9(16)17)8(6(2)20-5)21(18,19)15-10(3-4-10)11(12,13)14/h15H,3-4H2,1-2H3,(H,16,17). The second-order valence-electron chi connectivity index (χ2n) is 4.91. The molecule has 0 spiro atoms. The maximum absolute atomic E-state index is 12.8. The molecule has 118 valence electrons. The third-order valence-corrected chi connectivity index (χ3v) is 5.00. The number of hydrogen-bond acceptors (Lipinski definition) is 4. The van der Waals surface area contributed by atoms with Crippen molar-refractivity contribution in [3.8, 4) is 0 Å². The van der Waals surface area contributed by atoms with Gasteiger partial charge in [-0.2, -0.15) is 17.9 Å². The number of carboxylic acid groups (broad SMARTS) is 1. The van der Waals surface area contributed by atoms with E-state index in [0.717, 1.165) is 0 Å². The molecule has 1 aliphatic rings. The molecule has 0 aromatic carbocycles. The Kier molecular flexibility index (Phi) is 3.37. The number of rotatable bonds is 4. The maximum atomic E-state index is 12.8. The van der Waals surface area contributed by atoms with E-state index in [0.29, 0.717) is 0 Å². The number of sulfonamides is 1. The Labute approximate surface area is 118 Å². The smallest absolute Gasteiger partial charge is 0.407 e. The van der Waals surface area contributed by atoms with E-state index < -0.39 is 38.2 Å². The van der Waals surface area contributed by atoms with Crippen LogP contribution < -0.4 is 4.72 Å². The number of carboxylic acids is 1. The van der Waals surface area contributed by atoms with Gasteiger partial charge in [-0.15, -0.1) is 0 Å². The fourth-order valence-electron chi connectivity index (χ4n) is 2.11. The zero-order chi connectivity index (χ0) is 16.2. The fourth-order valence-corrected chi connectivity index (χ4v) is 3.97. The molecule has 0 saturated heterocycles. The van der Waals surface area contributed by atoms with Crippen molar-refractivity contribution < 1.29 is 35.9 Å². The number of aromatic carboxylic acids is 1. The van der Waals surface area contributed by atoms with E-state index in [9.17, 15) is 26.4 Å². The van der Waals surface area contributed by atoms with Crippen LogP contribution in [0.5, 0.6) is 0 Å². The van der Waals surface area contributed by atoms with Crippen molar-refractivity contribution in [2.24, 2.45) is 0 Å². The summed E-state index contributed by atoms with van der Waals surface area (Å²) in [5, 5.41) is 9.02. The Morgan fingerprint density at radius 1 is 1.29 bits per heavy atom. The van der Waals surface area contributed by atoms with Crippen LogP contribution in [0.4, 0.5) is 13.2 Å². The van der Waals surface area contributed by atoms with Gasteiger partial charge in [0.1, 0.15) is 27.5 Å². The molecule has 0 radical (unpaired) electrons. The molecule has 2 rings (SSSR count). The minimum absolute atomic E-state index is 0.183. The molecule has 1 aromatic rings. The van der Waals surface area contributed by atoms with Crippen molar-refractivity contribution in [3.05, 3.63) is 17.1 Å². The molecule has 2 N–H and O–H groups in total. The van der Waals surface area contributed by atoms with Crippen LogP contribution in [-0.4, -0.2) is 31.2 Å². The molecule has 0 atom stereocenters. The van der Waals surface area contributed by atoms with Gasteiger partial charge in [-0.3, -0.25) is 0 Å². The summed E-state index contributed by atoms with van der Waals surface area (Å²) in [6, 6.07) is 0. The molecule has 0 bridgehead atoms. The number of furan rings is 1. The molecular weight excluding hydrogens is 315 g/mol. The van der Waals surface area contributed by atoms with E-state index in [1.54, 1.807) is 4.72 Å². The highest BCUT2D eigenvalue weighted by Crippen LogP contribution is 2.50. The van der Waals surface area contributed by atoms with Crippen molar-refractivity contribution >= 4 is 16.0 Å². The van der Waals surface area contributed by atoms with E-state index in [2.05, 4.69) is 0 Å². The van der Waals surface area contributed by atoms with E-state index >= 15 is 0 Å². The second kappa shape index (κ2) is 4.47. The van der Waals surface area contributed by atoms with Crippen molar-refractivity contribution in [2.45, 2.75) is 43.3 Å². The van der Waals surface area contributed by atoms with Crippen LogP contribution in [0, 0.1) is 13.8 Å². The van der Waals surface area contributed by atoms with Crippen LogP contribution in [0.2, 0.25) is 0 Å². The molecular formula is C11H12F3NO5S. The first-order valence-electron chi connectivity index (χ1n) is 5.85. The third kappa shape index (κ3) is 2.53. The molecule has 6 nitrogen and oxygen atoms in total. The van der Waals surface area contributed by atoms with Crippen molar-refractivity contribution in [2.75, 3.05) is 0 Å². The van der Waals surface area contributed by atoms with E-state index in [1.165, 1.54) is 13.8 Å². The highest BCUT2D eigenvalue weighted by Gasteiger charge is 2.65. The van der Waals surface area contributed by atoms with Gasteiger partial charge >= 0.3 is 12.1 Å². The quantitative estimate of drug-likeness (QED) is 0.881. The molecule has 1 heterocycles. The minimum Gasteiger partial charge on any atom is -0.478 e. The van der Waals surface area contributed by atoms with Gasteiger partial charge in [-0.1, -0.05) is 0 Å². The predicted octanol–water partition coefficient (Wildman–Crippen LogP) is 1.97. The fraction of sp³-hybridized carbons (Fsp3) is 0.545. The lowest BCUT2D eigenvalue weighted by Crippen LogP contribution is -2.48. The summed E-state index contributed by atoms with van der Waals surface area (Å²) in [6.45, 7) is 2.41. The third-order valence-electron chi connectivity index (χ3n) is 3.31. The van der Waals surface area contributed by atoms with Crippen molar-refractivity contribution in [3.63, 3.8) is 0 Å². The van der Waals surface area contributed by atoms with E-state index in [-0.39, 0.29) is 24.4 Å². The molecule has 10 heteroatoms. The topological polar surface area (TPSA) is 96.6 Å². The zero-order valence-corrected chi connectivity index (χ0v) is 11.9. The summed E-state index contributed by atoms with van der Waals surface area (Å²) in [5.74, 6) is -2.03. The summed E-state index contributed by atoms with van der Waals surface area (Å²) < 4.78 is 69.3. The Morgan fingerprint density at radius 2 is 1.81 bits per heavy atom. The number of carbonyl (C=O) groups is 1. The average Bonchev–Trinajstić information content (AvgIpc) is 2.96. The Morgan fingerprint density at radius 3 is 2.19 bits per heavy atom. The monoisotopic (exact) mass is 327 g/mol. The van der Waals surface area contributed by atoms with Gasteiger partial charge in [-0.25, -0.2) is 13.2 Å². The molecule has 0 amide bonds. The van der Waals surface area contributed by atoms with Crippen molar-refractivity contribution in [1.29, 1.82) is 0 Å². The second-order valence-corrected chi connectivity index (χ2v) is 6.53. The summed E-state index contributed by atoms with van der Waals surface area (Å²) in [5.41, 5.74) is -3.17. The van der Waals surface area contributed by atoms with Gasteiger partial charge in [0.05, 0.1) is 0 Å². The van der Waals surface area contributed by atoms with Crippen LogP contribution >= 0.6 is 0 Å². The number of halogens is 3. The number of nitrogens with one attached hydrogen (secondary N) is 1. The Balaban J connectivity index is 2.50. The lowest BCUT2D eigenvalue weighted by Gasteiger charge is -2.20. The van der Waals surface area contributed by atoms with Gasteiger partial charge in [0.2, 0.25) is 10.0 Å². The molecule has 0 unspecified atom stereocenters. The Bertz CT molecular complexity index is 700. The van der Waals surface area contributed by atoms with E-state index in [4.69, 9.17) is 9.52 Å². The number of hydrogen-bond donors (Lipinski definition) is 2. The largest absolute Gasteiger partial charge is 0.478 e. The van der Waals surface area contributed by atoms with Gasteiger partial charge < -0.3 is 9.52 Å². The first kappa shape index (κ1) is 15.8. The lowest BCUT2D eigenvalue weighted by molar-refractivity contribution is -0.160. The van der Waals surface area contributed by atoms with Crippen LogP contribution in [0.25, 0.3) is 0 Å². The zero-order valence-electron chi connectivity index (χ0n) is 11.0. The normalized spacial score (nSPS) is 17.8. The Hall–Kier alpha value is -1.55. The van der Waals surface area contributed by atoms with Crippen LogP contribution in [0.3, 0.4) is 0 Å². The van der Waals surface area contributed by atoms with E-state index in [1.807, 2.05) is 0 Å². The summed E-state index contributed by atoms with van der Waals surface area (Å²) in [4.78, 5) is 10.3. The molecule has 1 aromatic heterocycles. The highest BCUT2D eigenvalue weighted by molar-refractivity contribution is 7.89. The molecule has 1 aliphatic carbocycles. The van der Waals surface area contributed by atoms with Gasteiger partial charge in [-0.05, 0) is 26.7 Å². The van der Waals surface area contributed by atoms with Gasteiger partial charge in [0.15, 0.2) is 0 Å². The molecule has 0 aliphatic heterocycles. The minimum atomic E-state index is -4.74. The maximum Gasteiger partial charge on any atom is 0.407 e. The number of aryl methyl sites for hydroxylation is 2. The van der Waals surface area contributed by atoms with Gasteiger partial charge in [0, 0.05) is 0 Å². The summed E-state index contributed by atoms with van der Waals surface area (Å²) >= 11 is 0. The van der Waals surface area contributed by atoms with Crippen LogP contribution in [0.15, 0.2) is 9.31 Å². The molecule has 1 fully saturated rings. The number of alkyl halides is 3. The molecule has 21 heavy (non-hydrogen) atoms. The first-order valence-corrected chi connectivity index (χ1v) is 7.33. The summed E-state index contributed by atoms with van der Waals surface area (Å²) in [7, 11) is -4.67. The SMILES string of the molecule is Cc1oc(C)c(S(=O)(=O)NC2(C(F)(F)F)CC2)c1C(=O)O. The average molecular weight is 327 g/mol. The van der Waals surface area contributed by atoms with Gasteiger partial charge in [0.25, 0.3) is 0 Å². The van der Waals surface area contributed by atoms with Crippen LogP contribution in [0.1, 0.15) is 34.7 Å². The first-order chi connectivity index (χ1) is 9.41. The predicted molar refractivity (Wildman–Crippen MR) is 63.5 cm³/mol. The highest BCUT2D eigenvalue weighted by atomic mass is 32.2. The molecule has 1 saturated carbocycles. The lowest BCUT2D eigenvalue weighted by atomic mass is 10.2. The summed E-state index contributed by atoms with van der Waals surface area (Å²) in [6.07, 6.45) is -5.50.